The second kappa shape index (κ2) is 5.20. The van der Waals surface area contributed by atoms with E-state index in [-0.39, 0.29) is 6.04 Å². The molecule has 0 aliphatic heterocycles. The van der Waals surface area contributed by atoms with Crippen LogP contribution in [0.2, 0.25) is 0 Å². The van der Waals surface area contributed by atoms with Crippen molar-refractivity contribution in [1.82, 2.24) is 4.57 Å². The average Bonchev–Trinajstić information content (AvgIpc) is 2.52. The summed E-state index contributed by atoms with van der Waals surface area (Å²) in [5, 5.41) is 0. The highest BCUT2D eigenvalue weighted by Crippen LogP contribution is 2.16. The zero-order valence-corrected chi connectivity index (χ0v) is 9.53. The van der Waals surface area contributed by atoms with Gasteiger partial charge in [-0.25, -0.2) is 0 Å². The second-order valence-electron chi connectivity index (χ2n) is 4.43. The van der Waals surface area contributed by atoms with Crippen molar-refractivity contribution >= 4 is 0 Å². The third-order valence-corrected chi connectivity index (χ3v) is 2.38. The van der Waals surface area contributed by atoms with Gasteiger partial charge < -0.3 is 10.3 Å². The molecule has 0 aliphatic carbocycles. The normalized spacial score (nSPS) is 13.5. The largest absolute Gasteiger partial charge is 0.354 e. The topological polar surface area (TPSA) is 30.9 Å². The zero-order valence-electron chi connectivity index (χ0n) is 9.53. The molecule has 1 aromatic heterocycles. The number of aromatic nitrogens is 1. The first-order chi connectivity index (χ1) is 6.63. The lowest BCUT2D eigenvalue weighted by atomic mass is 10.1. The minimum Gasteiger partial charge on any atom is -0.354 e. The van der Waals surface area contributed by atoms with Crippen LogP contribution >= 0.6 is 0 Å². The second-order valence-corrected chi connectivity index (χ2v) is 4.43. The lowest BCUT2D eigenvalue weighted by molar-refractivity contribution is 0.522. The smallest absolute Gasteiger partial charge is 0.0309 e. The third kappa shape index (κ3) is 3.18. The molecule has 0 fully saturated rings. The Labute approximate surface area is 87.1 Å². The summed E-state index contributed by atoms with van der Waals surface area (Å²) in [5.74, 6) is 0.692. The first-order valence-corrected chi connectivity index (χ1v) is 5.54. The van der Waals surface area contributed by atoms with Crippen molar-refractivity contribution in [1.29, 1.82) is 0 Å². The predicted molar refractivity (Wildman–Crippen MR) is 61.1 cm³/mol. The van der Waals surface area contributed by atoms with Gasteiger partial charge in [0, 0.05) is 25.0 Å². The van der Waals surface area contributed by atoms with E-state index in [0.717, 1.165) is 19.4 Å². The summed E-state index contributed by atoms with van der Waals surface area (Å²) in [7, 11) is 0. The molecule has 80 valence electrons. The van der Waals surface area contributed by atoms with Crippen LogP contribution in [-0.2, 0) is 6.54 Å². The van der Waals surface area contributed by atoms with Gasteiger partial charge in [0.1, 0.15) is 0 Å². The van der Waals surface area contributed by atoms with E-state index in [1.165, 1.54) is 5.56 Å². The Balaban J connectivity index is 2.58. The Morgan fingerprint density at radius 3 is 2.71 bits per heavy atom. The van der Waals surface area contributed by atoms with Crippen LogP contribution in [0.1, 0.15) is 45.2 Å². The molecule has 0 radical (unpaired) electrons. The fraction of sp³-hybridized carbons (Fsp3) is 0.667. The third-order valence-electron chi connectivity index (χ3n) is 2.38. The van der Waals surface area contributed by atoms with E-state index in [0.29, 0.717) is 5.92 Å². The Morgan fingerprint density at radius 1 is 1.43 bits per heavy atom. The van der Waals surface area contributed by atoms with Crippen molar-refractivity contribution < 1.29 is 0 Å². The van der Waals surface area contributed by atoms with Gasteiger partial charge in [-0.1, -0.05) is 27.2 Å². The summed E-state index contributed by atoms with van der Waals surface area (Å²) in [4.78, 5) is 0. The molecule has 0 aliphatic rings. The highest BCUT2D eigenvalue weighted by molar-refractivity contribution is 5.14. The lowest BCUT2D eigenvalue weighted by Crippen LogP contribution is -2.09. The molecule has 14 heavy (non-hydrogen) atoms. The van der Waals surface area contributed by atoms with Crippen molar-refractivity contribution in [3.8, 4) is 0 Å². The lowest BCUT2D eigenvalue weighted by Gasteiger charge is -2.08. The van der Waals surface area contributed by atoms with Crippen molar-refractivity contribution in [3.05, 3.63) is 24.0 Å². The minimum absolute atomic E-state index is 0.216. The van der Waals surface area contributed by atoms with Gasteiger partial charge in [0.15, 0.2) is 0 Å². The average molecular weight is 194 g/mol. The van der Waals surface area contributed by atoms with Crippen molar-refractivity contribution in [3.63, 3.8) is 0 Å². The minimum atomic E-state index is 0.216. The van der Waals surface area contributed by atoms with Gasteiger partial charge in [0.05, 0.1) is 0 Å². The molecule has 1 aromatic rings. The molecule has 0 aromatic carbocycles. The molecule has 2 nitrogen and oxygen atoms in total. The van der Waals surface area contributed by atoms with E-state index in [4.69, 9.17) is 5.73 Å². The van der Waals surface area contributed by atoms with E-state index in [1.54, 1.807) is 0 Å². The Morgan fingerprint density at radius 2 is 2.14 bits per heavy atom. The Hall–Kier alpha value is -0.760. The fourth-order valence-electron chi connectivity index (χ4n) is 1.69. The van der Waals surface area contributed by atoms with Gasteiger partial charge >= 0.3 is 0 Å². The van der Waals surface area contributed by atoms with Crippen LogP contribution < -0.4 is 5.73 Å². The summed E-state index contributed by atoms with van der Waals surface area (Å²) < 4.78 is 2.23. The van der Waals surface area contributed by atoms with Gasteiger partial charge in [-0.3, -0.25) is 0 Å². The monoisotopic (exact) mass is 194 g/mol. The van der Waals surface area contributed by atoms with Crippen molar-refractivity contribution in [2.75, 3.05) is 0 Å². The molecule has 1 heterocycles. The fourth-order valence-corrected chi connectivity index (χ4v) is 1.69. The predicted octanol–water partition coefficient (Wildman–Crippen LogP) is 2.94. The zero-order chi connectivity index (χ0) is 10.6. The molecule has 1 atom stereocenters. The summed E-state index contributed by atoms with van der Waals surface area (Å²) in [6, 6.07) is 2.36. The molecule has 0 saturated heterocycles. The molecular formula is C12H22N2. The standard InChI is InChI=1S/C12H22N2/c1-4-5-12(13)11-6-7-14(9-11)8-10(2)3/h6-7,9-10,12H,4-5,8,13H2,1-3H3. The molecular weight excluding hydrogens is 172 g/mol. The van der Waals surface area contributed by atoms with Crippen molar-refractivity contribution in [2.45, 2.75) is 46.2 Å². The van der Waals surface area contributed by atoms with Crippen LogP contribution in [0.15, 0.2) is 18.5 Å². The molecule has 2 N–H and O–H groups in total. The maximum absolute atomic E-state index is 6.04. The Bertz CT molecular complexity index is 263. The maximum atomic E-state index is 6.04. The molecule has 0 bridgehead atoms. The first kappa shape index (κ1) is 11.3. The first-order valence-electron chi connectivity index (χ1n) is 5.54. The van der Waals surface area contributed by atoms with Gasteiger partial charge in [0.2, 0.25) is 0 Å². The number of nitrogens with zero attached hydrogens (tertiary/aromatic N) is 1. The van der Waals surface area contributed by atoms with E-state index >= 15 is 0 Å². The van der Waals surface area contributed by atoms with Gasteiger partial charge in [-0.2, -0.15) is 0 Å². The van der Waals surface area contributed by atoms with Crippen LogP contribution in [0, 0.1) is 5.92 Å². The molecule has 1 rings (SSSR count). The molecule has 2 heteroatoms. The number of nitrogens with two attached hydrogens (primary N) is 1. The summed E-state index contributed by atoms with van der Waals surface area (Å²) in [5.41, 5.74) is 7.31. The van der Waals surface area contributed by atoms with Crippen LogP contribution in [-0.4, -0.2) is 4.57 Å². The summed E-state index contributed by atoms with van der Waals surface area (Å²) in [6.07, 6.45) is 6.54. The highest BCUT2D eigenvalue weighted by atomic mass is 14.9. The van der Waals surface area contributed by atoms with Crippen molar-refractivity contribution in [2.24, 2.45) is 11.7 Å². The summed E-state index contributed by atoms with van der Waals surface area (Å²) >= 11 is 0. The number of hydrogen-bond acceptors (Lipinski definition) is 1. The van der Waals surface area contributed by atoms with E-state index < -0.39 is 0 Å². The van der Waals surface area contributed by atoms with Crippen LogP contribution in [0.25, 0.3) is 0 Å². The highest BCUT2D eigenvalue weighted by Gasteiger charge is 2.06. The van der Waals surface area contributed by atoms with Crippen LogP contribution in [0.3, 0.4) is 0 Å². The van der Waals surface area contributed by atoms with Crippen LogP contribution in [0.5, 0.6) is 0 Å². The maximum Gasteiger partial charge on any atom is 0.0309 e. The van der Waals surface area contributed by atoms with E-state index in [9.17, 15) is 0 Å². The van der Waals surface area contributed by atoms with Gasteiger partial charge in [-0.05, 0) is 24.0 Å². The molecule has 1 unspecified atom stereocenters. The number of rotatable bonds is 5. The molecule has 0 saturated carbocycles. The van der Waals surface area contributed by atoms with Crippen LogP contribution in [0.4, 0.5) is 0 Å². The molecule has 0 amide bonds. The quantitative estimate of drug-likeness (QED) is 0.767. The Kier molecular flexibility index (Phi) is 4.21. The van der Waals surface area contributed by atoms with E-state index in [1.807, 2.05) is 0 Å². The van der Waals surface area contributed by atoms with E-state index in [2.05, 4.69) is 43.8 Å². The summed E-state index contributed by atoms with van der Waals surface area (Å²) in [6.45, 7) is 7.71. The van der Waals surface area contributed by atoms with Gasteiger partial charge in [-0.15, -0.1) is 0 Å². The van der Waals surface area contributed by atoms with Gasteiger partial charge in [0.25, 0.3) is 0 Å². The molecule has 0 spiro atoms. The SMILES string of the molecule is CCCC(N)c1ccn(CC(C)C)c1. The number of hydrogen-bond donors (Lipinski definition) is 1.